The molecular formula is C43H51N5O10S. The zero-order valence-corrected chi connectivity index (χ0v) is 33.9. The molecule has 2 aliphatic heterocycles. The van der Waals surface area contributed by atoms with E-state index in [0.29, 0.717) is 25.0 Å². The van der Waals surface area contributed by atoms with Gasteiger partial charge in [-0.1, -0.05) is 67.5 Å². The summed E-state index contributed by atoms with van der Waals surface area (Å²) in [4.78, 5) is 72.4. The molecule has 16 heteroatoms. The molecule has 5 amide bonds. The summed E-state index contributed by atoms with van der Waals surface area (Å²) < 4.78 is 45.6. The summed E-state index contributed by atoms with van der Waals surface area (Å²) in [6, 6.07) is 16.6. The first-order chi connectivity index (χ1) is 28.5. The Hall–Kier alpha value is -5.64. The molecule has 7 rings (SSSR count). The molecule has 4 aliphatic rings. The maximum Gasteiger partial charge on any atom is 0.410 e. The van der Waals surface area contributed by atoms with Gasteiger partial charge in [-0.25, -0.2) is 22.7 Å². The number of amides is 5. The number of hydrogen-bond acceptors (Lipinski definition) is 10. The third kappa shape index (κ3) is 9.64. The molecule has 2 heterocycles. The minimum Gasteiger partial charge on any atom is -0.497 e. The van der Waals surface area contributed by atoms with Gasteiger partial charge in [0.25, 0.3) is 15.9 Å². The second-order valence-electron chi connectivity index (χ2n) is 15.6. The number of ether oxygens (including phenoxy) is 3. The molecule has 3 N–H and O–H groups in total. The SMILES string of the molecule is COc1ccc(S(=O)(=O)NC(=O)[C@]23CC2/C=C/CCCCC[C@H](NC(=O)OC2CCCC2)C(=O)N2CCN(C(=O)OCc4cccc5ccccc45)C[C@H]2C(=O)N3)cc1. The van der Waals surface area contributed by atoms with Crippen LogP contribution in [-0.4, -0.2) is 98.6 Å². The summed E-state index contributed by atoms with van der Waals surface area (Å²) in [5.41, 5.74) is -0.872. The summed E-state index contributed by atoms with van der Waals surface area (Å²) in [5.74, 6) is -2.35. The Morgan fingerprint density at radius 3 is 2.42 bits per heavy atom. The fourth-order valence-electron chi connectivity index (χ4n) is 8.24. The summed E-state index contributed by atoms with van der Waals surface area (Å²) in [5, 5.41) is 7.50. The lowest BCUT2D eigenvalue weighted by molar-refractivity contribution is -0.146. The van der Waals surface area contributed by atoms with Gasteiger partial charge in [0.05, 0.1) is 18.6 Å². The Morgan fingerprint density at radius 1 is 0.898 bits per heavy atom. The van der Waals surface area contributed by atoms with Gasteiger partial charge in [0, 0.05) is 19.0 Å². The Bertz CT molecular complexity index is 2190. The van der Waals surface area contributed by atoms with Gasteiger partial charge >= 0.3 is 12.2 Å². The van der Waals surface area contributed by atoms with Crippen molar-refractivity contribution in [2.75, 3.05) is 26.7 Å². The zero-order valence-electron chi connectivity index (χ0n) is 33.1. The highest BCUT2D eigenvalue weighted by Gasteiger charge is 2.61. The lowest BCUT2D eigenvalue weighted by Gasteiger charge is -2.41. The first kappa shape index (κ1) is 41.5. The van der Waals surface area contributed by atoms with Gasteiger partial charge in [-0.3, -0.25) is 14.4 Å². The highest BCUT2D eigenvalue weighted by atomic mass is 32.2. The van der Waals surface area contributed by atoms with E-state index in [-0.39, 0.29) is 43.7 Å². The number of piperazine rings is 1. The molecule has 3 aromatic rings. The monoisotopic (exact) mass is 829 g/mol. The molecule has 3 fully saturated rings. The van der Waals surface area contributed by atoms with Gasteiger partial charge in [-0.15, -0.1) is 0 Å². The molecule has 0 aromatic heterocycles. The summed E-state index contributed by atoms with van der Waals surface area (Å²) in [6.07, 6.45) is 8.62. The molecule has 1 unspecified atom stereocenters. The smallest absolute Gasteiger partial charge is 0.410 e. The molecule has 2 aliphatic carbocycles. The van der Waals surface area contributed by atoms with Crippen LogP contribution in [0.25, 0.3) is 10.8 Å². The molecule has 314 valence electrons. The number of nitrogens with zero attached hydrogens (tertiary/aromatic N) is 2. The Labute approximate surface area is 343 Å². The molecule has 15 nitrogen and oxygen atoms in total. The van der Waals surface area contributed by atoms with Crippen molar-refractivity contribution in [3.63, 3.8) is 0 Å². The van der Waals surface area contributed by atoms with Gasteiger partial charge < -0.3 is 34.6 Å². The van der Waals surface area contributed by atoms with Crippen LogP contribution in [0.2, 0.25) is 0 Å². The van der Waals surface area contributed by atoms with Crippen molar-refractivity contribution in [1.29, 1.82) is 0 Å². The zero-order chi connectivity index (χ0) is 41.6. The van der Waals surface area contributed by atoms with Gasteiger partial charge in [-0.2, -0.15) is 0 Å². The maximum absolute atomic E-state index is 14.6. The van der Waals surface area contributed by atoms with Gasteiger partial charge in [0.1, 0.15) is 36.1 Å². The van der Waals surface area contributed by atoms with Crippen molar-refractivity contribution >= 4 is 50.7 Å². The van der Waals surface area contributed by atoms with Crippen LogP contribution in [0.3, 0.4) is 0 Å². The number of fused-ring (bicyclic) bond motifs is 3. The lowest BCUT2D eigenvalue weighted by Crippen LogP contribution is -2.66. The standard InChI is InChI=1S/C43H51N5O10S/c1-56-32-20-22-34(23-21-32)59(54,55)46-40(51)43-26-31(43)15-5-3-2-4-6-19-36(44-41(52)58-33-16-8-9-17-33)39(50)48-25-24-47(27-37(48)38(49)45-43)42(53)57-28-30-14-11-13-29-12-7-10-18-35(29)30/h5,7,10-15,18,20-23,31,33,36-37H,2-4,6,8-9,16-17,19,24-28H2,1H3,(H,44,52)(H,45,49)(H,46,51)/b15-5+/t31?,36-,37-,43-/m0/s1. The molecule has 1 saturated heterocycles. The average molecular weight is 830 g/mol. The number of rotatable bonds is 8. The van der Waals surface area contributed by atoms with Crippen molar-refractivity contribution in [3.8, 4) is 5.75 Å². The molecule has 0 spiro atoms. The van der Waals surface area contributed by atoms with Crippen LogP contribution in [0.5, 0.6) is 5.75 Å². The van der Waals surface area contributed by atoms with Crippen molar-refractivity contribution in [1.82, 2.24) is 25.2 Å². The Kier molecular flexibility index (Phi) is 12.7. The minimum atomic E-state index is -4.37. The van der Waals surface area contributed by atoms with Crippen LogP contribution in [-0.2, 0) is 40.5 Å². The van der Waals surface area contributed by atoms with Crippen LogP contribution in [0, 0.1) is 5.92 Å². The van der Waals surface area contributed by atoms with E-state index in [4.69, 9.17) is 14.2 Å². The second-order valence-corrected chi connectivity index (χ2v) is 17.3. The topological polar surface area (TPSA) is 190 Å². The average Bonchev–Trinajstić information content (AvgIpc) is 3.69. The fraction of sp³-hybridized carbons (Fsp3) is 0.465. The number of hydrogen-bond donors (Lipinski definition) is 3. The van der Waals surface area contributed by atoms with Crippen LogP contribution in [0.1, 0.15) is 69.8 Å². The van der Waals surface area contributed by atoms with Gasteiger partial charge in [0.2, 0.25) is 11.8 Å². The van der Waals surface area contributed by atoms with Crippen LogP contribution in [0.4, 0.5) is 9.59 Å². The van der Waals surface area contributed by atoms with Crippen molar-refractivity contribution in [3.05, 3.63) is 84.4 Å². The lowest BCUT2D eigenvalue weighted by atomic mass is 10.0. The maximum atomic E-state index is 14.6. The molecule has 0 radical (unpaired) electrons. The van der Waals surface area contributed by atoms with E-state index in [9.17, 15) is 32.4 Å². The van der Waals surface area contributed by atoms with Gasteiger partial charge in [-0.05, 0) is 92.0 Å². The third-order valence-corrected chi connectivity index (χ3v) is 13.1. The van der Waals surface area contributed by atoms with Crippen LogP contribution >= 0.6 is 0 Å². The van der Waals surface area contributed by atoms with Crippen molar-refractivity contribution in [2.24, 2.45) is 5.92 Å². The molecule has 59 heavy (non-hydrogen) atoms. The predicted molar refractivity (Wildman–Crippen MR) is 216 cm³/mol. The highest BCUT2D eigenvalue weighted by Crippen LogP contribution is 2.45. The first-order valence-corrected chi connectivity index (χ1v) is 21.8. The fourth-order valence-corrected chi connectivity index (χ4v) is 9.28. The quantitative estimate of drug-likeness (QED) is 0.263. The van der Waals surface area contributed by atoms with Crippen molar-refractivity contribution < 1.29 is 46.6 Å². The Morgan fingerprint density at radius 2 is 1.64 bits per heavy atom. The number of sulfonamides is 1. The summed E-state index contributed by atoms with van der Waals surface area (Å²) in [6.45, 7) is -0.371. The van der Waals surface area contributed by atoms with Crippen molar-refractivity contribution in [2.45, 2.75) is 99.4 Å². The second kappa shape index (κ2) is 18.1. The molecule has 4 atom stereocenters. The molecule has 3 aromatic carbocycles. The number of methoxy groups -OCH3 is 1. The number of carbonyl (C=O) groups is 5. The normalized spacial score (nSPS) is 24.7. The van der Waals surface area contributed by atoms with E-state index in [1.54, 1.807) is 0 Å². The van der Waals surface area contributed by atoms with E-state index >= 15 is 0 Å². The van der Waals surface area contributed by atoms with E-state index in [1.807, 2.05) is 54.6 Å². The van der Waals surface area contributed by atoms with E-state index in [1.165, 1.54) is 41.2 Å². The van der Waals surface area contributed by atoms with E-state index < -0.39 is 63.5 Å². The molecule has 0 bridgehead atoms. The molecule has 2 saturated carbocycles. The predicted octanol–water partition coefficient (Wildman–Crippen LogP) is 4.94. The highest BCUT2D eigenvalue weighted by molar-refractivity contribution is 7.90. The molecular weight excluding hydrogens is 779 g/mol. The number of alkyl carbamates (subject to hydrolysis) is 1. The third-order valence-electron chi connectivity index (χ3n) is 11.7. The van der Waals surface area contributed by atoms with E-state index in [2.05, 4.69) is 15.4 Å². The number of benzene rings is 3. The Balaban J connectivity index is 1.14. The largest absolute Gasteiger partial charge is 0.497 e. The van der Waals surface area contributed by atoms with Crippen LogP contribution in [0.15, 0.2) is 83.8 Å². The van der Waals surface area contributed by atoms with Crippen LogP contribution < -0.4 is 20.1 Å². The first-order valence-electron chi connectivity index (χ1n) is 20.3. The van der Waals surface area contributed by atoms with E-state index in [0.717, 1.165) is 54.9 Å². The van der Waals surface area contributed by atoms with Gasteiger partial charge in [0.15, 0.2) is 0 Å². The number of carbonyl (C=O) groups excluding carboxylic acids is 5. The number of allylic oxidation sites excluding steroid dienone is 1. The minimum absolute atomic E-state index is 0.0280. The summed E-state index contributed by atoms with van der Waals surface area (Å²) in [7, 11) is -2.92. The number of nitrogens with one attached hydrogen (secondary N) is 3. The summed E-state index contributed by atoms with van der Waals surface area (Å²) >= 11 is 0.